The first-order valence-corrected chi connectivity index (χ1v) is 5.99. The molecule has 2 heteroatoms. The minimum atomic E-state index is 0.0864. The van der Waals surface area contributed by atoms with E-state index in [-0.39, 0.29) is 12.4 Å². The van der Waals surface area contributed by atoms with Crippen LogP contribution < -0.4 is 0 Å². The second kappa shape index (κ2) is 5.26. The molecule has 0 aromatic heterocycles. The maximum Gasteiger partial charge on any atom is 0.188 e. The lowest BCUT2D eigenvalue weighted by molar-refractivity contribution is 0.0740. The molecule has 2 nitrogen and oxygen atoms in total. The van der Waals surface area contributed by atoms with E-state index in [2.05, 4.69) is 6.92 Å². The number of carbonyl (C=O) groups is 1. The average Bonchev–Trinajstić information content (AvgIpc) is 3.13. The van der Waals surface area contributed by atoms with Gasteiger partial charge in [-0.1, -0.05) is 31.2 Å². The van der Waals surface area contributed by atoms with Crippen LogP contribution in [0, 0.1) is 5.92 Å². The fourth-order valence-corrected chi connectivity index (χ4v) is 1.61. The van der Waals surface area contributed by atoms with Crippen LogP contribution in [-0.2, 0) is 11.2 Å². The van der Waals surface area contributed by atoms with Crippen LogP contribution in [0.25, 0.3) is 0 Å². The lowest BCUT2D eigenvalue weighted by Gasteiger charge is -2.03. The summed E-state index contributed by atoms with van der Waals surface area (Å²) in [7, 11) is 0. The van der Waals surface area contributed by atoms with Crippen molar-refractivity contribution in [2.75, 3.05) is 13.2 Å². The number of carbonyl (C=O) groups excluding carboxylic acids is 1. The predicted octanol–water partition coefficient (Wildman–Crippen LogP) is 2.86. The number of aryl methyl sites for hydroxylation is 1. The normalized spacial score (nSPS) is 15.1. The van der Waals surface area contributed by atoms with Gasteiger partial charge in [0.05, 0.1) is 6.61 Å². The van der Waals surface area contributed by atoms with Crippen LogP contribution in [0.15, 0.2) is 24.3 Å². The minimum Gasteiger partial charge on any atom is -0.373 e. The van der Waals surface area contributed by atoms with Gasteiger partial charge in [0.1, 0.15) is 6.61 Å². The Bertz CT molecular complexity index is 350. The monoisotopic (exact) mass is 218 g/mol. The Morgan fingerprint density at radius 2 is 2.00 bits per heavy atom. The van der Waals surface area contributed by atoms with Crippen molar-refractivity contribution in [3.63, 3.8) is 0 Å². The van der Waals surface area contributed by atoms with Gasteiger partial charge in [-0.15, -0.1) is 0 Å². The summed E-state index contributed by atoms with van der Waals surface area (Å²) < 4.78 is 5.38. The lowest BCUT2D eigenvalue weighted by atomic mass is 10.1. The molecule has 1 aliphatic rings. The molecule has 1 aromatic carbocycles. The fourth-order valence-electron chi connectivity index (χ4n) is 1.61. The van der Waals surface area contributed by atoms with Gasteiger partial charge < -0.3 is 4.74 Å². The van der Waals surface area contributed by atoms with Crippen molar-refractivity contribution in [1.29, 1.82) is 0 Å². The first-order chi connectivity index (χ1) is 7.79. The molecule has 0 radical (unpaired) electrons. The van der Waals surface area contributed by atoms with Crippen molar-refractivity contribution in [2.24, 2.45) is 5.92 Å². The SMILES string of the molecule is CCc1ccc(C(=O)COCC2CC2)cc1. The van der Waals surface area contributed by atoms with E-state index < -0.39 is 0 Å². The highest BCUT2D eigenvalue weighted by Gasteiger charge is 2.21. The van der Waals surface area contributed by atoms with E-state index in [0.717, 1.165) is 24.5 Å². The van der Waals surface area contributed by atoms with Crippen LogP contribution in [0.3, 0.4) is 0 Å². The van der Waals surface area contributed by atoms with E-state index in [1.165, 1.54) is 18.4 Å². The zero-order valence-corrected chi connectivity index (χ0v) is 9.74. The third kappa shape index (κ3) is 3.17. The Labute approximate surface area is 96.6 Å². The molecule has 1 aliphatic carbocycles. The standard InChI is InChI=1S/C14H18O2/c1-2-11-5-7-13(8-6-11)14(15)10-16-9-12-3-4-12/h5-8,12H,2-4,9-10H2,1H3. The molecule has 0 heterocycles. The van der Waals surface area contributed by atoms with Crippen LogP contribution in [0.4, 0.5) is 0 Å². The highest BCUT2D eigenvalue weighted by molar-refractivity contribution is 5.97. The van der Waals surface area contributed by atoms with Crippen molar-refractivity contribution >= 4 is 5.78 Å². The van der Waals surface area contributed by atoms with Gasteiger partial charge in [0, 0.05) is 5.56 Å². The first kappa shape index (κ1) is 11.3. The first-order valence-electron chi connectivity index (χ1n) is 5.99. The predicted molar refractivity (Wildman–Crippen MR) is 63.7 cm³/mol. The number of ketones is 1. The van der Waals surface area contributed by atoms with Crippen LogP contribution in [0.5, 0.6) is 0 Å². The second-order valence-electron chi connectivity index (χ2n) is 4.43. The minimum absolute atomic E-state index is 0.0864. The average molecular weight is 218 g/mol. The molecule has 0 N–H and O–H groups in total. The van der Waals surface area contributed by atoms with Crippen molar-refractivity contribution < 1.29 is 9.53 Å². The Balaban J connectivity index is 1.81. The van der Waals surface area contributed by atoms with Crippen molar-refractivity contribution in [3.8, 4) is 0 Å². The Morgan fingerprint density at radius 1 is 1.31 bits per heavy atom. The second-order valence-corrected chi connectivity index (χ2v) is 4.43. The summed E-state index contributed by atoms with van der Waals surface area (Å²) in [4.78, 5) is 11.7. The highest BCUT2D eigenvalue weighted by Crippen LogP contribution is 2.28. The molecule has 2 rings (SSSR count). The Morgan fingerprint density at radius 3 is 2.56 bits per heavy atom. The maximum atomic E-state index is 11.7. The third-order valence-corrected chi connectivity index (χ3v) is 2.97. The topological polar surface area (TPSA) is 26.3 Å². The molecule has 0 unspecified atom stereocenters. The molecule has 86 valence electrons. The third-order valence-electron chi connectivity index (χ3n) is 2.97. The molecule has 0 amide bonds. The van der Waals surface area contributed by atoms with Gasteiger partial charge in [-0.05, 0) is 30.7 Å². The number of hydrogen-bond acceptors (Lipinski definition) is 2. The van der Waals surface area contributed by atoms with Gasteiger partial charge >= 0.3 is 0 Å². The summed E-state index contributed by atoms with van der Waals surface area (Å²) in [6.45, 7) is 3.08. The zero-order chi connectivity index (χ0) is 11.4. The van der Waals surface area contributed by atoms with E-state index in [4.69, 9.17) is 4.74 Å². The molecule has 0 spiro atoms. The largest absolute Gasteiger partial charge is 0.373 e. The summed E-state index contributed by atoms with van der Waals surface area (Å²) in [5.74, 6) is 0.804. The molecule has 1 saturated carbocycles. The Hall–Kier alpha value is -1.15. The summed E-state index contributed by atoms with van der Waals surface area (Å²) in [6.07, 6.45) is 3.53. The molecule has 0 atom stereocenters. The van der Waals surface area contributed by atoms with Crippen LogP contribution in [-0.4, -0.2) is 19.0 Å². The molecule has 1 fully saturated rings. The van der Waals surface area contributed by atoms with Gasteiger partial charge in [0.15, 0.2) is 5.78 Å². The summed E-state index contributed by atoms with van der Waals surface area (Å²) in [6, 6.07) is 7.80. The van der Waals surface area contributed by atoms with Gasteiger partial charge in [-0.3, -0.25) is 4.79 Å². The molecular weight excluding hydrogens is 200 g/mol. The number of hydrogen-bond donors (Lipinski definition) is 0. The molecule has 0 saturated heterocycles. The summed E-state index contributed by atoms with van der Waals surface area (Å²) in [5.41, 5.74) is 2.02. The van der Waals surface area contributed by atoms with Crippen LogP contribution >= 0.6 is 0 Å². The number of benzene rings is 1. The molecular formula is C14H18O2. The molecule has 16 heavy (non-hydrogen) atoms. The summed E-state index contributed by atoms with van der Waals surface area (Å²) in [5, 5.41) is 0. The summed E-state index contributed by atoms with van der Waals surface area (Å²) >= 11 is 0. The smallest absolute Gasteiger partial charge is 0.188 e. The molecule has 0 aliphatic heterocycles. The van der Waals surface area contributed by atoms with Gasteiger partial charge in [0.2, 0.25) is 0 Å². The van der Waals surface area contributed by atoms with Crippen LogP contribution in [0.2, 0.25) is 0 Å². The van der Waals surface area contributed by atoms with Crippen molar-refractivity contribution in [1.82, 2.24) is 0 Å². The van der Waals surface area contributed by atoms with Gasteiger partial charge in [0.25, 0.3) is 0 Å². The highest BCUT2D eigenvalue weighted by atomic mass is 16.5. The lowest BCUT2D eigenvalue weighted by Crippen LogP contribution is -2.10. The van der Waals surface area contributed by atoms with Crippen molar-refractivity contribution in [2.45, 2.75) is 26.2 Å². The zero-order valence-electron chi connectivity index (χ0n) is 9.74. The van der Waals surface area contributed by atoms with Gasteiger partial charge in [-0.2, -0.15) is 0 Å². The van der Waals surface area contributed by atoms with E-state index in [9.17, 15) is 4.79 Å². The quantitative estimate of drug-likeness (QED) is 0.686. The molecule has 1 aromatic rings. The maximum absolute atomic E-state index is 11.7. The number of rotatable bonds is 6. The van der Waals surface area contributed by atoms with E-state index in [1.54, 1.807) is 0 Å². The number of Topliss-reactive ketones (excluding diaryl/α,β-unsaturated/α-hetero) is 1. The van der Waals surface area contributed by atoms with Crippen LogP contribution in [0.1, 0.15) is 35.7 Å². The Kier molecular flexibility index (Phi) is 3.73. The van der Waals surface area contributed by atoms with Crippen molar-refractivity contribution in [3.05, 3.63) is 35.4 Å². The van der Waals surface area contributed by atoms with E-state index in [1.807, 2.05) is 24.3 Å². The fraction of sp³-hybridized carbons (Fsp3) is 0.500. The van der Waals surface area contributed by atoms with E-state index in [0.29, 0.717) is 0 Å². The number of ether oxygens (including phenoxy) is 1. The van der Waals surface area contributed by atoms with Gasteiger partial charge in [-0.25, -0.2) is 0 Å². The molecule has 0 bridgehead atoms. The van der Waals surface area contributed by atoms with E-state index >= 15 is 0 Å².